The number of nitrogens with one attached hydrogen (secondary N) is 1. The Labute approximate surface area is 113 Å². The van der Waals surface area contributed by atoms with Crippen molar-refractivity contribution in [1.82, 2.24) is 5.32 Å². The summed E-state index contributed by atoms with van der Waals surface area (Å²) in [5.41, 5.74) is 1.84. The van der Waals surface area contributed by atoms with Crippen LogP contribution in [0.2, 0.25) is 0 Å². The Kier molecular flexibility index (Phi) is 3.42. The van der Waals surface area contributed by atoms with Crippen molar-refractivity contribution < 1.29 is 9.21 Å². The van der Waals surface area contributed by atoms with Gasteiger partial charge in [0.2, 0.25) is 0 Å². The molecule has 18 heavy (non-hydrogen) atoms. The van der Waals surface area contributed by atoms with E-state index in [9.17, 15) is 10.1 Å². The van der Waals surface area contributed by atoms with Crippen molar-refractivity contribution in [3.05, 3.63) is 45.6 Å². The normalized spacial score (nSPS) is 19.6. The molecule has 0 fully saturated rings. The zero-order chi connectivity index (χ0) is 13.3. The fraction of sp³-hybridized carbons (Fsp3) is 0.231. The predicted octanol–water partition coefficient (Wildman–Crippen LogP) is 1.47. The summed E-state index contributed by atoms with van der Waals surface area (Å²) in [7, 11) is 0. The Bertz CT molecular complexity index is 591. The van der Waals surface area contributed by atoms with Gasteiger partial charge in [-0.15, -0.1) is 0 Å². The van der Waals surface area contributed by atoms with Gasteiger partial charge < -0.3 is 0 Å². The first-order valence-corrected chi connectivity index (χ1v) is 6.35. The van der Waals surface area contributed by atoms with Gasteiger partial charge in [0, 0.05) is 0 Å². The number of hydrogen-bond donors (Lipinski definition) is 1. The molecule has 0 saturated heterocycles. The first-order valence-electron chi connectivity index (χ1n) is 5.41. The van der Waals surface area contributed by atoms with Crippen molar-refractivity contribution in [2.45, 2.75) is 19.8 Å². The molecular weight excluding hydrogens is 295 g/mol. The van der Waals surface area contributed by atoms with Gasteiger partial charge in [0.15, 0.2) is 0 Å². The first-order chi connectivity index (χ1) is 8.56. The molecule has 1 aromatic rings. The van der Waals surface area contributed by atoms with Gasteiger partial charge in [0.05, 0.1) is 0 Å². The van der Waals surface area contributed by atoms with Crippen molar-refractivity contribution in [3.8, 4) is 6.07 Å². The molecule has 2 rings (SSSR count). The van der Waals surface area contributed by atoms with Gasteiger partial charge in [-0.2, -0.15) is 0 Å². The monoisotopic (exact) mass is 308 g/mol. The van der Waals surface area contributed by atoms with Gasteiger partial charge in [-0.1, -0.05) is 0 Å². The summed E-state index contributed by atoms with van der Waals surface area (Å²) >= 11 is 2.32. The maximum atomic E-state index is 11.8. The van der Waals surface area contributed by atoms with E-state index >= 15 is 0 Å². The Hall–Kier alpha value is -1.76. The fourth-order valence-corrected chi connectivity index (χ4v) is 2.86. The summed E-state index contributed by atoms with van der Waals surface area (Å²) in [6, 6.07) is 5.69. The van der Waals surface area contributed by atoms with Crippen LogP contribution in [0.4, 0.5) is 0 Å². The van der Waals surface area contributed by atoms with Crippen molar-refractivity contribution in [2.24, 2.45) is 0 Å². The summed E-state index contributed by atoms with van der Waals surface area (Å²) < 4.78 is 6.08. The van der Waals surface area contributed by atoms with Gasteiger partial charge >= 0.3 is 113 Å². The van der Waals surface area contributed by atoms with E-state index in [0.717, 1.165) is 5.70 Å². The standard InChI is InChI=1S/C13H12N2O2Se/c1-7-11(8(2)16)12(10-4-3-5-17-10)9(6-14)13(18)15-7/h3-5,12,15,18H,1-2H3. The molecule has 0 spiro atoms. The molecule has 1 N–H and O–H groups in total. The van der Waals surface area contributed by atoms with E-state index in [4.69, 9.17) is 4.42 Å². The average molecular weight is 307 g/mol. The molecule has 0 bridgehead atoms. The molecule has 5 heteroatoms. The van der Waals surface area contributed by atoms with Gasteiger partial charge in [-0.25, -0.2) is 0 Å². The number of furan rings is 1. The molecule has 2 heterocycles. The number of ketones is 1. The van der Waals surface area contributed by atoms with Gasteiger partial charge in [-0.05, 0) is 0 Å². The minimum absolute atomic E-state index is 0.0610. The summed E-state index contributed by atoms with van der Waals surface area (Å²) in [5.74, 6) is 0.136. The predicted molar refractivity (Wildman–Crippen MR) is 67.8 cm³/mol. The van der Waals surface area contributed by atoms with Crippen LogP contribution in [0.15, 0.2) is 44.3 Å². The third kappa shape index (κ3) is 2.01. The van der Waals surface area contributed by atoms with Crippen LogP contribution in [0.1, 0.15) is 25.5 Å². The topological polar surface area (TPSA) is 66.0 Å². The first kappa shape index (κ1) is 12.7. The van der Waals surface area contributed by atoms with E-state index in [1.54, 1.807) is 18.4 Å². The van der Waals surface area contributed by atoms with Crippen molar-refractivity contribution in [3.63, 3.8) is 0 Å². The zero-order valence-corrected chi connectivity index (χ0v) is 11.9. The summed E-state index contributed by atoms with van der Waals surface area (Å²) in [4.78, 5) is 11.8. The second-order valence-corrected chi connectivity index (χ2v) is 4.98. The summed E-state index contributed by atoms with van der Waals surface area (Å²) in [5, 5.41) is 12.3. The number of nitrogens with zero attached hydrogens (tertiary/aromatic N) is 1. The van der Waals surface area contributed by atoms with E-state index in [1.807, 2.05) is 6.92 Å². The number of allylic oxidation sites excluding steroid dienone is 3. The van der Waals surface area contributed by atoms with Crippen LogP contribution in [0.25, 0.3) is 0 Å². The zero-order valence-electron chi connectivity index (χ0n) is 10.0. The summed E-state index contributed by atoms with van der Waals surface area (Å²) in [6.07, 6.45) is 1.55. The molecule has 1 atom stereocenters. The Morgan fingerprint density at radius 2 is 2.33 bits per heavy atom. The van der Waals surface area contributed by atoms with Crippen LogP contribution < -0.4 is 5.32 Å². The molecule has 0 amide bonds. The molecule has 0 aromatic carbocycles. The molecule has 0 aliphatic carbocycles. The Morgan fingerprint density at radius 1 is 1.61 bits per heavy atom. The van der Waals surface area contributed by atoms with Crippen LogP contribution >= 0.6 is 0 Å². The number of carbonyl (C=O) groups excluding carboxylic acids is 1. The van der Waals surface area contributed by atoms with Gasteiger partial charge in [0.25, 0.3) is 0 Å². The maximum absolute atomic E-state index is 11.8. The van der Waals surface area contributed by atoms with Crippen LogP contribution in [-0.2, 0) is 4.79 Å². The molecule has 1 aromatic heterocycles. The van der Waals surface area contributed by atoms with Crippen molar-refractivity contribution >= 4 is 21.8 Å². The van der Waals surface area contributed by atoms with E-state index in [-0.39, 0.29) is 5.78 Å². The van der Waals surface area contributed by atoms with Crippen LogP contribution in [0.5, 0.6) is 0 Å². The Balaban J connectivity index is 2.63. The molecule has 4 nitrogen and oxygen atoms in total. The third-order valence-electron chi connectivity index (χ3n) is 2.87. The van der Waals surface area contributed by atoms with E-state index in [2.05, 4.69) is 27.4 Å². The second-order valence-electron chi connectivity index (χ2n) is 4.04. The molecule has 0 saturated carbocycles. The number of Topliss-reactive ketones (excluding diaryl/α,β-unsaturated/α-hetero) is 1. The molecule has 1 aliphatic rings. The summed E-state index contributed by atoms with van der Waals surface area (Å²) in [6.45, 7) is 3.33. The number of rotatable bonds is 2. The third-order valence-corrected chi connectivity index (χ3v) is 3.61. The van der Waals surface area contributed by atoms with Crippen molar-refractivity contribution in [1.29, 1.82) is 5.26 Å². The molecule has 1 aliphatic heterocycles. The average Bonchev–Trinajstić information content (AvgIpc) is 2.80. The van der Waals surface area contributed by atoms with E-state index < -0.39 is 5.92 Å². The second kappa shape index (κ2) is 4.85. The minimum atomic E-state index is -0.415. The molecule has 1 unspecified atom stereocenters. The fourth-order valence-electron chi connectivity index (χ4n) is 2.13. The van der Waals surface area contributed by atoms with Crippen LogP contribution in [-0.4, -0.2) is 21.8 Å². The molecule has 0 radical (unpaired) electrons. The number of hydrogen-bond acceptors (Lipinski definition) is 4. The van der Waals surface area contributed by atoms with Crippen LogP contribution in [0.3, 0.4) is 0 Å². The Morgan fingerprint density at radius 3 is 2.83 bits per heavy atom. The van der Waals surface area contributed by atoms with Crippen molar-refractivity contribution in [2.75, 3.05) is 0 Å². The number of nitriles is 1. The van der Waals surface area contributed by atoms with E-state index in [1.165, 1.54) is 6.92 Å². The molecule has 92 valence electrons. The molecular formula is C13H12N2O2Se. The number of dihydropyridines is 1. The SMILES string of the molecule is CC(=O)C1=C(C)NC([SeH])=C(C#N)C1c1ccco1. The van der Waals surface area contributed by atoms with E-state index in [0.29, 0.717) is 21.5 Å². The quantitative estimate of drug-likeness (QED) is 0.840. The van der Waals surface area contributed by atoms with Gasteiger partial charge in [0.1, 0.15) is 0 Å². The van der Waals surface area contributed by atoms with Gasteiger partial charge in [-0.3, -0.25) is 0 Å². The van der Waals surface area contributed by atoms with Crippen LogP contribution in [0, 0.1) is 11.3 Å². The number of carbonyl (C=O) groups is 1.